The Hall–Kier alpha value is -0.120. The number of aryl methyl sites for hydroxylation is 3. The lowest BCUT2D eigenvalue weighted by molar-refractivity contribution is -0.00772. The van der Waals surface area contributed by atoms with Crippen molar-refractivity contribution in [3.8, 4) is 0 Å². The third-order valence-corrected chi connectivity index (χ3v) is 7.42. The van der Waals surface area contributed by atoms with Gasteiger partial charge >= 0.3 is 0 Å². The van der Waals surface area contributed by atoms with E-state index in [2.05, 4.69) is 60.6 Å². The van der Waals surface area contributed by atoms with Gasteiger partial charge in [-0.2, -0.15) is 0 Å². The number of hydrogen-bond donors (Lipinski definition) is 0. The number of benzene rings is 1. The highest BCUT2D eigenvalue weighted by Gasteiger charge is 2.46. The summed E-state index contributed by atoms with van der Waals surface area (Å²) in [6, 6.07) is 4.59. The van der Waals surface area contributed by atoms with Gasteiger partial charge in [0.15, 0.2) is 0 Å². The number of ether oxygens (including phenoxy) is 1. The normalized spacial score (nSPS) is 25.4. The smallest absolute Gasteiger partial charge is 0.0895 e. The van der Waals surface area contributed by atoms with Crippen LogP contribution in [-0.2, 0) is 4.74 Å². The molecule has 2 atom stereocenters. The molecule has 0 spiro atoms. The van der Waals surface area contributed by atoms with Crippen LogP contribution in [0.25, 0.3) is 0 Å². The minimum Gasteiger partial charge on any atom is -0.373 e. The molecule has 0 radical (unpaired) electrons. The van der Waals surface area contributed by atoms with Crippen LogP contribution in [0.1, 0.15) is 55.2 Å². The summed E-state index contributed by atoms with van der Waals surface area (Å²) in [5.74, 6) is 0. The largest absolute Gasteiger partial charge is 0.373 e. The summed E-state index contributed by atoms with van der Waals surface area (Å²) in [4.78, 5) is 0. The van der Waals surface area contributed by atoms with Gasteiger partial charge in [0, 0.05) is 4.75 Å². The van der Waals surface area contributed by atoms with Crippen LogP contribution in [0.4, 0.5) is 0 Å². The fraction of sp³-hybridized carbons (Fsp3) is 0.647. The molecular formula is C17H26OS2. The first-order valence-electron chi connectivity index (χ1n) is 7.30. The lowest BCUT2D eigenvalue weighted by Crippen LogP contribution is -2.36. The molecule has 0 unspecified atom stereocenters. The zero-order chi connectivity index (χ0) is 15.1. The van der Waals surface area contributed by atoms with Crippen LogP contribution in [0.15, 0.2) is 12.1 Å². The monoisotopic (exact) mass is 310 g/mol. The molecule has 0 aliphatic carbocycles. The molecule has 1 fully saturated rings. The first kappa shape index (κ1) is 16.3. The fourth-order valence-corrected chi connectivity index (χ4v) is 6.63. The van der Waals surface area contributed by atoms with Crippen LogP contribution in [-0.4, -0.2) is 17.0 Å². The molecule has 0 saturated carbocycles. The Bertz CT molecular complexity index is 471. The molecule has 1 aromatic carbocycles. The third kappa shape index (κ3) is 3.20. The van der Waals surface area contributed by atoms with Crippen LogP contribution < -0.4 is 0 Å². The van der Waals surface area contributed by atoms with Crippen LogP contribution >= 0.6 is 21.6 Å². The quantitative estimate of drug-likeness (QED) is 0.671. The second-order valence-corrected chi connectivity index (χ2v) is 9.62. The van der Waals surface area contributed by atoms with Gasteiger partial charge in [-0.05, 0) is 65.2 Å². The van der Waals surface area contributed by atoms with E-state index in [0.29, 0.717) is 5.25 Å². The summed E-state index contributed by atoms with van der Waals surface area (Å²) >= 11 is 0. The van der Waals surface area contributed by atoms with E-state index < -0.39 is 0 Å². The standard InChI is InChI=1S/C17H26OS2/c1-10(2)18-16-15(19-20-17(16,6)7)14-12(4)8-11(3)9-13(14)5/h8-10,15-16H,1-7H3/t15-,16+/m1/s1. The van der Waals surface area contributed by atoms with E-state index in [0.717, 1.165) is 0 Å². The van der Waals surface area contributed by atoms with Crippen molar-refractivity contribution in [1.29, 1.82) is 0 Å². The highest BCUT2D eigenvalue weighted by Crippen LogP contribution is 2.60. The second-order valence-electron chi connectivity index (χ2n) is 6.62. The maximum atomic E-state index is 6.29. The van der Waals surface area contributed by atoms with Crippen molar-refractivity contribution in [2.24, 2.45) is 0 Å². The Morgan fingerprint density at radius 2 is 1.65 bits per heavy atom. The predicted molar refractivity (Wildman–Crippen MR) is 92.7 cm³/mol. The van der Waals surface area contributed by atoms with Crippen LogP contribution in [0.2, 0.25) is 0 Å². The summed E-state index contributed by atoms with van der Waals surface area (Å²) in [5.41, 5.74) is 5.62. The number of rotatable bonds is 3. The van der Waals surface area contributed by atoms with E-state index in [4.69, 9.17) is 4.74 Å². The Morgan fingerprint density at radius 1 is 1.10 bits per heavy atom. The molecule has 1 aliphatic heterocycles. The van der Waals surface area contributed by atoms with E-state index in [9.17, 15) is 0 Å². The van der Waals surface area contributed by atoms with Crippen molar-refractivity contribution >= 4 is 21.6 Å². The molecule has 0 aromatic heterocycles. The number of hydrogen-bond acceptors (Lipinski definition) is 3. The SMILES string of the molecule is Cc1cc(C)c([C@H]2SSC(C)(C)[C@H]2OC(C)C)c(C)c1. The van der Waals surface area contributed by atoms with Crippen molar-refractivity contribution in [3.63, 3.8) is 0 Å². The van der Waals surface area contributed by atoms with E-state index in [1.165, 1.54) is 22.3 Å². The van der Waals surface area contributed by atoms with Gasteiger partial charge in [0.2, 0.25) is 0 Å². The van der Waals surface area contributed by atoms with Gasteiger partial charge in [0.05, 0.1) is 17.5 Å². The Kier molecular flexibility index (Phi) is 4.83. The summed E-state index contributed by atoms with van der Waals surface area (Å²) < 4.78 is 6.45. The molecule has 112 valence electrons. The van der Waals surface area contributed by atoms with E-state index in [1.807, 2.05) is 21.6 Å². The maximum Gasteiger partial charge on any atom is 0.0895 e. The van der Waals surface area contributed by atoms with Gasteiger partial charge < -0.3 is 4.74 Å². The first-order valence-corrected chi connectivity index (χ1v) is 9.51. The Morgan fingerprint density at radius 3 is 2.15 bits per heavy atom. The molecule has 20 heavy (non-hydrogen) atoms. The molecule has 1 aromatic rings. The molecule has 2 rings (SSSR count). The highest BCUT2D eigenvalue weighted by atomic mass is 33.1. The van der Waals surface area contributed by atoms with Gasteiger partial charge in [-0.3, -0.25) is 0 Å². The molecule has 0 N–H and O–H groups in total. The maximum absolute atomic E-state index is 6.29. The van der Waals surface area contributed by atoms with Crippen molar-refractivity contribution < 1.29 is 4.74 Å². The van der Waals surface area contributed by atoms with Crippen LogP contribution in [0.5, 0.6) is 0 Å². The van der Waals surface area contributed by atoms with Gasteiger partial charge in [-0.1, -0.05) is 39.3 Å². The predicted octanol–water partition coefficient (Wildman–Crippen LogP) is 5.62. The molecule has 1 saturated heterocycles. The van der Waals surface area contributed by atoms with E-state index in [-0.39, 0.29) is 17.0 Å². The third-order valence-electron chi connectivity index (χ3n) is 3.77. The Balaban J connectivity index is 2.41. The average Bonchev–Trinajstić information content (AvgIpc) is 2.54. The topological polar surface area (TPSA) is 9.23 Å². The van der Waals surface area contributed by atoms with Crippen molar-refractivity contribution in [2.75, 3.05) is 0 Å². The summed E-state index contributed by atoms with van der Waals surface area (Å²) in [6.07, 6.45) is 0.532. The molecular weight excluding hydrogens is 284 g/mol. The van der Waals surface area contributed by atoms with E-state index in [1.54, 1.807) is 0 Å². The Labute approximate surface area is 131 Å². The lowest BCUT2D eigenvalue weighted by Gasteiger charge is -2.31. The summed E-state index contributed by atoms with van der Waals surface area (Å²) in [5, 5.41) is 0.429. The highest BCUT2D eigenvalue weighted by molar-refractivity contribution is 8.77. The van der Waals surface area contributed by atoms with Gasteiger partial charge in [-0.15, -0.1) is 0 Å². The fourth-order valence-electron chi connectivity index (χ4n) is 3.01. The molecule has 0 amide bonds. The van der Waals surface area contributed by atoms with Crippen LogP contribution in [0.3, 0.4) is 0 Å². The molecule has 1 aliphatic rings. The average molecular weight is 311 g/mol. The van der Waals surface area contributed by atoms with Crippen molar-refractivity contribution in [1.82, 2.24) is 0 Å². The molecule has 0 bridgehead atoms. The van der Waals surface area contributed by atoms with Gasteiger partial charge in [0.1, 0.15) is 0 Å². The summed E-state index contributed by atoms with van der Waals surface area (Å²) in [6.45, 7) is 15.5. The van der Waals surface area contributed by atoms with Crippen LogP contribution in [0, 0.1) is 20.8 Å². The van der Waals surface area contributed by atoms with Crippen molar-refractivity contribution in [2.45, 2.75) is 70.7 Å². The first-order chi connectivity index (χ1) is 9.22. The second kappa shape index (κ2) is 5.94. The van der Waals surface area contributed by atoms with Crippen molar-refractivity contribution in [3.05, 3.63) is 34.4 Å². The molecule has 1 heterocycles. The minimum absolute atomic E-state index is 0.156. The van der Waals surface area contributed by atoms with Gasteiger partial charge in [-0.25, -0.2) is 0 Å². The zero-order valence-electron chi connectivity index (χ0n) is 13.6. The minimum atomic E-state index is 0.156. The molecule has 3 heteroatoms. The van der Waals surface area contributed by atoms with Gasteiger partial charge in [0.25, 0.3) is 0 Å². The zero-order valence-corrected chi connectivity index (χ0v) is 15.2. The summed E-state index contributed by atoms with van der Waals surface area (Å²) in [7, 11) is 3.94. The lowest BCUT2D eigenvalue weighted by atomic mass is 9.90. The van der Waals surface area contributed by atoms with E-state index >= 15 is 0 Å². The molecule has 1 nitrogen and oxygen atoms in total.